The molecule has 1 aliphatic rings. The van der Waals surface area contributed by atoms with E-state index in [-0.39, 0.29) is 6.04 Å². The number of hydrogen-bond donors (Lipinski definition) is 0. The van der Waals surface area contributed by atoms with E-state index in [9.17, 15) is 9.59 Å². The molecule has 0 aliphatic carbocycles. The summed E-state index contributed by atoms with van der Waals surface area (Å²) in [5.74, 6) is -0.476. The Hall–Kier alpha value is -2.19. The van der Waals surface area contributed by atoms with Crippen LogP contribution in [0.1, 0.15) is 33.2 Å². The first-order valence-electron chi connectivity index (χ1n) is 6.61. The van der Waals surface area contributed by atoms with Crippen LogP contribution in [0.5, 0.6) is 0 Å². The Bertz CT molecular complexity index is 510. The van der Waals surface area contributed by atoms with Gasteiger partial charge in [-0.1, -0.05) is 0 Å². The van der Waals surface area contributed by atoms with Crippen molar-refractivity contribution in [3.63, 3.8) is 0 Å². The summed E-state index contributed by atoms with van der Waals surface area (Å²) in [6, 6.07) is -0.879. The van der Waals surface area contributed by atoms with Gasteiger partial charge in [-0.2, -0.15) is 0 Å². The molecule has 1 aromatic heterocycles. The minimum absolute atomic E-state index is 0.184. The minimum Gasteiger partial charge on any atom is -0.467 e. The lowest BCUT2D eigenvalue weighted by molar-refractivity contribution is -0.145. The summed E-state index contributed by atoms with van der Waals surface area (Å²) in [7, 11) is 1.29. The maximum Gasteiger partial charge on any atom is 0.411 e. The van der Waals surface area contributed by atoms with Gasteiger partial charge in [-0.15, -0.1) is 5.10 Å². The highest BCUT2D eigenvalue weighted by Crippen LogP contribution is 2.28. The number of nitrogens with zero attached hydrogens (tertiary/aromatic N) is 5. The van der Waals surface area contributed by atoms with E-state index in [1.807, 2.05) is 0 Å². The summed E-state index contributed by atoms with van der Waals surface area (Å²) in [5, 5.41) is 10.9. The van der Waals surface area contributed by atoms with E-state index in [0.29, 0.717) is 13.0 Å². The SMILES string of the molecule is COC(=O)[C@@H]1C[C@@H](n2cnnn2)CN1C(=O)OC(C)(C)C. The van der Waals surface area contributed by atoms with E-state index in [1.54, 1.807) is 20.8 Å². The van der Waals surface area contributed by atoms with Gasteiger partial charge in [-0.3, -0.25) is 4.90 Å². The first kappa shape index (κ1) is 15.2. The summed E-state index contributed by atoms with van der Waals surface area (Å²) >= 11 is 0. The van der Waals surface area contributed by atoms with Gasteiger partial charge in [0.05, 0.1) is 13.2 Å². The van der Waals surface area contributed by atoms with E-state index in [1.165, 1.54) is 23.0 Å². The smallest absolute Gasteiger partial charge is 0.411 e. The second kappa shape index (κ2) is 5.66. The van der Waals surface area contributed by atoms with Crippen molar-refractivity contribution in [3.05, 3.63) is 6.33 Å². The average molecular weight is 297 g/mol. The molecule has 0 bridgehead atoms. The maximum atomic E-state index is 12.2. The summed E-state index contributed by atoms with van der Waals surface area (Å²) in [4.78, 5) is 25.5. The fraction of sp³-hybridized carbons (Fsp3) is 0.750. The summed E-state index contributed by atoms with van der Waals surface area (Å²) in [6.45, 7) is 5.60. The van der Waals surface area contributed by atoms with Crippen LogP contribution in [0.2, 0.25) is 0 Å². The third-order valence-corrected chi connectivity index (χ3v) is 3.12. The largest absolute Gasteiger partial charge is 0.467 e. The number of carbonyl (C=O) groups excluding carboxylic acids is 2. The van der Waals surface area contributed by atoms with E-state index >= 15 is 0 Å². The van der Waals surface area contributed by atoms with E-state index in [2.05, 4.69) is 15.5 Å². The van der Waals surface area contributed by atoms with Crippen LogP contribution in [0, 0.1) is 0 Å². The Morgan fingerprint density at radius 1 is 1.33 bits per heavy atom. The topological polar surface area (TPSA) is 99.4 Å². The molecule has 1 saturated heterocycles. The van der Waals surface area contributed by atoms with Crippen LogP contribution >= 0.6 is 0 Å². The second-order valence-electron chi connectivity index (χ2n) is 5.85. The number of amides is 1. The predicted octanol–water partition coefficient (Wildman–Crippen LogP) is 0.397. The third-order valence-electron chi connectivity index (χ3n) is 3.12. The minimum atomic E-state index is -0.695. The lowest BCUT2D eigenvalue weighted by Gasteiger charge is -2.27. The highest BCUT2D eigenvalue weighted by Gasteiger charge is 2.43. The molecule has 0 spiro atoms. The average Bonchev–Trinajstić information content (AvgIpc) is 3.04. The monoisotopic (exact) mass is 297 g/mol. The predicted molar refractivity (Wildman–Crippen MR) is 70.2 cm³/mol. The molecule has 2 atom stereocenters. The van der Waals surface area contributed by atoms with Gasteiger partial charge < -0.3 is 9.47 Å². The first-order valence-corrected chi connectivity index (χ1v) is 6.61. The third kappa shape index (κ3) is 3.47. The number of methoxy groups -OCH3 is 1. The maximum absolute atomic E-state index is 12.2. The second-order valence-corrected chi connectivity index (χ2v) is 5.85. The van der Waals surface area contributed by atoms with Crippen LogP contribution in [0.4, 0.5) is 4.79 Å². The number of likely N-dealkylation sites (tertiary alicyclic amines) is 1. The molecule has 2 rings (SSSR count). The molecular weight excluding hydrogens is 278 g/mol. The molecule has 1 fully saturated rings. The van der Waals surface area contributed by atoms with Gasteiger partial charge in [-0.05, 0) is 31.2 Å². The number of tetrazole rings is 1. The Kier molecular flexibility index (Phi) is 4.10. The zero-order valence-electron chi connectivity index (χ0n) is 12.5. The van der Waals surface area contributed by atoms with E-state index in [4.69, 9.17) is 9.47 Å². The lowest BCUT2D eigenvalue weighted by atomic mass is 10.2. The Labute approximate surface area is 122 Å². The van der Waals surface area contributed by atoms with Gasteiger partial charge in [0.1, 0.15) is 18.0 Å². The van der Waals surface area contributed by atoms with E-state index < -0.39 is 23.7 Å². The molecule has 0 unspecified atom stereocenters. The highest BCUT2D eigenvalue weighted by molar-refractivity contribution is 5.82. The molecule has 2 heterocycles. The van der Waals surface area contributed by atoms with Crippen molar-refractivity contribution < 1.29 is 19.1 Å². The zero-order chi connectivity index (χ0) is 15.6. The molecule has 1 aliphatic heterocycles. The summed E-state index contributed by atoms with van der Waals surface area (Å²) in [6.07, 6.45) is 1.29. The van der Waals surface area contributed by atoms with Gasteiger partial charge >= 0.3 is 12.1 Å². The molecule has 0 aromatic carbocycles. The first-order chi connectivity index (χ1) is 9.81. The van der Waals surface area contributed by atoms with Crippen molar-refractivity contribution in [2.75, 3.05) is 13.7 Å². The fourth-order valence-corrected chi connectivity index (χ4v) is 2.22. The van der Waals surface area contributed by atoms with Crippen LogP contribution in [0.15, 0.2) is 6.33 Å². The van der Waals surface area contributed by atoms with Crippen LogP contribution in [-0.2, 0) is 14.3 Å². The molecule has 1 amide bonds. The molecule has 0 N–H and O–H groups in total. The number of ether oxygens (including phenoxy) is 2. The molecule has 9 nitrogen and oxygen atoms in total. The molecule has 21 heavy (non-hydrogen) atoms. The van der Waals surface area contributed by atoms with Crippen molar-refractivity contribution in [2.45, 2.75) is 44.9 Å². The quantitative estimate of drug-likeness (QED) is 0.728. The normalized spacial score (nSPS) is 22.2. The zero-order valence-corrected chi connectivity index (χ0v) is 12.5. The molecule has 0 saturated carbocycles. The molecule has 9 heteroatoms. The molecular formula is C12H19N5O4. The van der Waals surface area contributed by atoms with E-state index in [0.717, 1.165) is 0 Å². The highest BCUT2D eigenvalue weighted by atomic mass is 16.6. The van der Waals surface area contributed by atoms with Crippen LogP contribution in [-0.4, -0.2) is 62.5 Å². The van der Waals surface area contributed by atoms with Crippen molar-refractivity contribution >= 4 is 12.1 Å². The standard InChI is InChI=1S/C12H19N5O4/c1-12(2,3)21-11(19)16-6-8(17-7-13-14-15-17)5-9(16)10(18)20-4/h7-9H,5-6H2,1-4H3/t8-,9+/m1/s1. The lowest BCUT2D eigenvalue weighted by Crippen LogP contribution is -2.43. The fourth-order valence-electron chi connectivity index (χ4n) is 2.22. The molecule has 1 aromatic rings. The van der Waals surface area contributed by atoms with Crippen molar-refractivity contribution in [3.8, 4) is 0 Å². The van der Waals surface area contributed by atoms with Crippen LogP contribution in [0.25, 0.3) is 0 Å². The number of aromatic nitrogens is 4. The Balaban J connectivity index is 2.16. The summed E-state index contributed by atoms with van der Waals surface area (Å²) < 4.78 is 11.6. The Morgan fingerprint density at radius 3 is 2.57 bits per heavy atom. The van der Waals surface area contributed by atoms with Gasteiger partial charge in [0, 0.05) is 13.0 Å². The van der Waals surface area contributed by atoms with Gasteiger partial charge in [-0.25, -0.2) is 14.3 Å². The van der Waals surface area contributed by atoms with Crippen molar-refractivity contribution in [1.82, 2.24) is 25.1 Å². The number of carbonyl (C=O) groups is 2. The number of esters is 1. The van der Waals surface area contributed by atoms with Crippen molar-refractivity contribution in [2.24, 2.45) is 0 Å². The Morgan fingerprint density at radius 2 is 2.05 bits per heavy atom. The van der Waals surface area contributed by atoms with Crippen LogP contribution in [0.3, 0.4) is 0 Å². The van der Waals surface area contributed by atoms with Crippen molar-refractivity contribution in [1.29, 1.82) is 0 Å². The number of rotatable bonds is 2. The number of hydrogen-bond acceptors (Lipinski definition) is 7. The summed E-state index contributed by atoms with van der Waals surface area (Å²) in [5.41, 5.74) is -0.634. The van der Waals surface area contributed by atoms with Gasteiger partial charge in [0.25, 0.3) is 0 Å². The van der Waals surface area contributed by atoms with Gasteiger partial charge in [0.15, 0.2) is 0 Å². The van der Waals surface area contributed by atoms with Crippen LogP contribution < -0.4 is 0 Å². The molecule has 116 valence electrons. The van der Waals surface area contributed by atoms with Gasteiger partial charge in [0.2, 0.25) is 0 Å². The molecule has 0 radical (unpaired) electrons.